The van der Waals surface area contributed by atoms with Crippen molar-refractivity contribution in [1.29, 1.82) is 0 Å². The topological polar surface area (TPSA) is 16.4 Å². The third-order valence-corrected chi connectivity index (χ3v) is 9.71. The number of hydrogen-bond donors (Lipinski definition) is 0. The smallest absolute Gasteiger partial charge is 0.136 e. The van der Waals surface area contributed by atoms with E-state index in [0.29, 0.717) is 11.8 Å². The molecule has 0 spiro atoms. The van der Waals surface area contributed by atoms with E-state index in [4.69, 9.17) is 4.42 Å². The van der Waals surface area contributed by atoms with Gasteiger partial charge in [0, 0.05) is 39.7 Å². The molecule has 0 bridgehead atoms. The van der Waals surface area contributed by atoms with Crippen molar-refractivity contribution in [3.63, 3.8) is 0 Å². The summed E-state index contributed by atoms with van der Waals surface area (Å²) in [6.07, 6.45) is 22.5. The third kappa shape index (κ3) is 4.66. The zero-order chi connectivity index (χ0) is 30.5. The van der Waals surface area contributed by atoms with Gasteiger partial charge in [0.05, 0.1) is 0 Å². The lowest BCUT2D eigenvalue weighted by atomic mass is 9.81. The Morgan fingerprint density at radius 2 is 1.35 bits per heavy atom. The molecular formula is C44H33NO. The Hall–Kier alpha value is -5.60. The quantitative estimate of drug-likeness (QED) is 0.198. The normalized spacial score (nSPS) is 18.8. The zero-order valence-corrected chi connectivity index (χ0v) is 25.5. The molecule has 6 aromatic rings. The summed E-state index contributed by atoms with van der Waals surface area (Å²) in [6, 6.07) is 39.3. The molecule has 1 aromatic heterocycles. The van der Waals surface area contributed by atoms with Crippen molar-refractivity contribution in [3.8, 4) is 0 Å². The second kappa shape index (κ2) is 11.1. The highest BCUT2D eigenvalue weighted by Crippen LogP contribution is 2.40. The minimum Gasteiger partial charge on any atom is -0.456 e. The monoisotopic (exact) mass is 591 g/mol. The van der Waals surface area contributed by atoms with Gasteiger partial charge in [-0.1, -0.05) is 115 Å². The summed E-state index contributed by atoms with van der Waals surface area (Å²) in [4.78, 5) is 2.41. The van der Waals surface area contributed by atoms with Gasteiger partial charge < -0.3 is 9.32 Å². The zero-order valence-electron chi connectivity index (χ0n) is 25.5. The Bertz CT molecular complexity index is 2310. The molecule has 2 heteroatoms. The molecule has 0 fully saturated rings. The van der Waals surface area contributed by atoms with Crippen molar-refractivity contribution in [1.82, 2.24) is 0 Å². The molecule has 0 saturated carbocycles. The molecule has 3 aliphatic carbocycles. The molecule has 0 saturated heterocycles. The summed E-state index contributed by atoms with van der Waals surface area (Å²) in [5, 5.41) is 4.86. The molecule has 46 heavy (non-hydrogen) atoms. The van der Waals surface area contributed by atoms with Gasteiger partial charge in [-0.15, -0.1) is 0 Å². The van der Waals surface area contributed by atoms with Gasteiger partial charge in [-0.25, -0.2) is 0 Å². The molecule has 3 aliphatic rings. The van der Waals surface area contributed by atoms with Crippen molar-refractivity contribution < 1.29 is 4.42 Å². The van der Waals surface area contributed by atoms with Crippen LogP contribution in [0.25, 0.3) is 43.9 Å². The highest BCUT2D eigenvalue weighted by molar-refractivity contribution is 6.19. The SMILES string of the molecule is C1=CC2C=CC(c3ccc(N(C4=CC=C(c5ccc6ccc7oc8ccccc8c7c6c5)CC4)c4ccccc4)cc3)=CC2C=C1. The summed E-state index contributed by atoms with van der Waals surface area (Å²) < 4.78 is 6.19. The van der Waals surface area contributed by atoms with Crippen LogP contribution in [0.15, 0.2) is 174 Å². The minimum absolute atomic E-state index is 0.437. The van der Waals surface area contributed by atoms with Crippen molar-refractivity contribution in [2.24, 2.45) is 11.8 Å². The van der Waals surface area contributed by atoms with Crippen LogP contribution >= 0.6 is 0 Å². The summed E-state index contributed by atoms with van der Waals surface area (Å²) in [7, 11) is 0. The van der Waals surface area contributed by atoms with Crippen LogP contribution in [0.2, 0.25) is 0 Å². The molecular weight excluding hydrogens is 558 g/mol. The van der Waals surface area contributed by atoms with Crippen LogP contribution in [0.3, 0.4) is 0 Å². The van der Waals surface area contributed by atoms with E-state index >= 15 is 0 Å². The standard InChI is InChI=1S/C44H33NO/c1-2-10-37(11-3-1)45(38-23-18-31(19-24-38)35-16-14-30-8-4-5-9-34(30)28-35)39-25-20-32(21-26-39)36-17-15-33-22-27-43-44(41(33)29-36)40-12-6-7-13-42(40)46-43/h1-20,22-25,27-30,34H,21,26H2. The average Bonchev–Trinajstić information content (AvgIpc) is 3.52. The second-order valence-electron chi connectivity index (χ2n) is 12.4. The van der Waals surface area contributed by atoms with Gasteiger partial charge in [-0.05, 0) is 94.4 Å². The fourth-order valence-electron chi connectivity index (χ4n) is 7.33. The molecule has 1 heterocycles. The van der Waals surface area contributed by atoms with Gasteiger partial charge in [0.1, 0.15) is 11.2 Å². The van der Waals surface area contributed by atoms with Crippen LogP contribution < -0.4 is 4.90 Å². The number of para-hydroxylation sites is 2. The van der Waals surface area contributed by atoms with E-state index in [-0.39, 0.29) is 0 Å². The number of furan rings is 1. The summed E-state index contributed by atoms with van der Waals surface area (Å²) in [5.74, 6) is 0.908. The lowest BCUT2D eigenvalue weighted by molar-refractivity contribution is 0.663. The summed E-state index contributed by atoms with van der Waals surface area (Å²) in [6.45, 7) is 0. The molecule has 220 valence electrons. The predicted octanol–water partition coefficient (Wildman–Crippen LogP) is 12.0. The first kappa shape index (κ1) is 26.8. The van der Waals surface area contributed by atoms with E-state index in [9.17, 15) is 0 Å². The Labute approximate surface area is 269 Å². The maximum absolute atomic E-state index is 6.19. The van der Waals surface area contributed by atoms with E-state index in [1.807, 2.05) is 6.07 Å². The average molecular weight is 592 g/mol. The number of benzene rings is 5. The van der Waals surface area contributed by atoms with E-state index in [1.165, 1.54) is 60.9 Å². The Morgan fingerprint density at radius 1 is 0.587 bits per heavy atom. The number of nitrogens with zero attached hydrogens (tertiary/aromatic N) is 1. The second-order valence-corrected chi connectivity index (χ2v) is 12.4. The maximum atomic E-state index is 6.19. The number of allylic oxidation sites excluding steroid dienone is 12. The van der Waals surface area contributed by atoms with Crippen LogP contribution in [-0.2, 0) is 0 Å². The fourth-order valence-corrected chi connectivity index (χ4v) is 7.33. The molecule has 0 amide bonds. The van der Waals surface area contributed by atoms with Gasteiger partial charge in [0.25, 0.3) is 0 Å². The van der Waals surface area contributed by atoms with Crippen molar-refractivity contribution in [2.45, 2.75) is 12.8 Å². The lowest BCUT2D eigenvalue weighted by Gasteiger charge is -2.30. The molecule has 2 atom stereocenters. The number of fused-ring (bicyclic) bond motifs is 6. The maximum Gasteiger partial charge on any atom is 0.136 e. The van der Waals surface area contributed by atoms with Crippen molar-refractivity contribution in [3.05, 3.63) is 181 Å². The van der Waals surface area contributed by atoms with Gasteiger partial charge >= 0.3 is 0 Å². The predicted molar refractivity (Wildman–Crippen MR) is 194 cm³/mol. The van der Waals surface area contributed by atoms with E-state index < -0.39 is 0 Å². The first-order chi connectivity index (χ1) is 22.8. The molecule has 0 N–H and O–H groups in total. The van der Waals surface area contributed by atoms with Gasteiger partial charge in [-0.3, -0.25) is 0 Å². The highest BCUT2D eigenvalue weighted by atomic mass is 16.3. The molecule has 2 unspecified atom stereocenters. The number of rotatable bonds is 5. The fraction of sp³-hybridized carbons (Fsp3) is 0.0909. The summed E-state index contributed by atoms with van der Waals surface area (Å²) >= 11 is 0. The van der Waals surface area contributed by atoms with Crippen molar-refractivity contribution >= 4 is 55.2 Å². The highest BCUT2D eigenvalue weighted by Gasteiger charge is 2.21. The van der Waals surface area contributed by atoms with E-state index in [2.05, 4.69) is 163 Å². The van der Waals surface area contributed by atoms with Crippen molar-refractivity contribution in [2.75, 3.05) is 4.90 Å². The van der Waals surface area contributed by atoms with E-state index in [0.717, 1.165) is 24.0 Å². The van der Waals surface area contributed by atoms with Crippen LogP contribution in [0.4, 0.5) is 11.4 Å². The van der Waals surface area contributed by atoms with Gasteiger partial charge in [0.15, 0.2) is 0 Å². The Balaban J connectivity index is 1.06. The Kier molecular flexibility index (Phi) is 6.45. The van der Waals surface area contributed by atoms with Gasteiger partial charge in [-0.2, -0.15) is 0 Å². The number of anilines is 2. The molecule has 0 radical (unpaired) electrons. The molecule has 2 nitrogen and oxygen atoms in total. The first-order valence-corrected chi connectivity index (χ1v) is 16.2. The minimum atomic E-state index is 0.437. The van der Waals surface area contributed by atoms with Crippen LogP contribution in [0.1, 0.15) is 24.0 Å². The molecule has 0 aliphatic heterocycles. The largest absolute Gasteiger partial charge is 0.456 e. The van der Waals surface area contributed by atoms with Gasteiger partial charge in [0.2, 0.25) is 0 Å². The summed E-state index contributed by atoms with van der Waals surface area (Å²) in [5.41, 5.74) is 10.7. The first-order valence-electron chi connectivity index (χ1n) is 16.2. The van der Waals surface area contributed by atoms with Crippen LogP contribution in [0.5, 0.6) is 0 Å². The number of hydrogen-bond acceptors (Lipinski definition) is 2. The van der Waals surface area contributed by atoms with Crippen LogP contribution in [0, 0.1) is 11.8 Å². The lowest BCUT2D eigenvalue weighted by Crippen LogP contribution is -2.17. The third-order valence-electron chi connectivity index (χ3n) is 9.71. The van der Waals surface area contributed by atoms with E-state index in [1.54, 1.807) is 0 Å². The van der Waals surface area contributed by atoms with Crippen LogP contribution in [-0.4, -0.2) is 0 Å². The molecule has 5 aromatic carbocycles. The Morgan fingerprint density at radius 3 is 2.20 bits per heavy atom. The molecule has 9 rings (SSSR count).